The van der Waals surface area contributed by atoms with E-state index in [1.165, 1.54) is 6.20 Å². The number of aryl methyl sites for hydroxylation is 1. The number of nitrogens with one attached hydrogen (secondary N) is 2. The van der Waals surface area contributed by atoms with Crippen LogP contribution in [-0.2, 0) is 6.54 Å². The second-order valence-corrected chi connectivity index (χ2v) is 5.90. The number of hydrogen-bond acceptors (Lipinski definition) is 4. The molecule has 2 heterocycles. The Labute approximate surface area is 143 Å². The highest BCUT2D eigenvalue weighted by atomic mass is 16.7. The first-order valence-corrected chi connectivity index (χ1v) is 7.91. The molecule has 25 heavy (non-hydrogen) atoms. The SMILES string of the molecule is Cc1cccc2c(=O)c(C(=O)NCc3ccc4c(c3)OCO4)c[nH]c12. The van der Waals surface area contributed by atoms with Crippen molar-refractivity contribution in [1.82, 2.24) is 10.3 Å². The zero-order chi connectivity index (χ0) is 17.4. The molecule has 0 radical (unpaired) electrons. The van der Waals surface area contributed by atoms with Crippen molar-refractivity contribution in [1.29, 1.82) is 0 Å². The second kappa shape index (κ2) is 5.98. The van der Waals surface area contributed by atoms with Crippen molar-refractivity contribution in [3.63, 3.8) is 0 Å². The number of aromatic amines is 1. The number of fused-ring (bicyclic) bond motifs is 2. The number of pyridine rings is 1. The first-order valence-electron chi connectivity index (χ1n) is 7.91. The van der Waals surface area contributed by atoms with E-state index in [0.29, 0.717) is 23.4 Å². The number of benzene rings is 2. The van der Waals surface area contributed by atoms with Gasteiger partial charge in [0, 0.05) is 18.1 Å². The third-order valence-electron chi connectivity index (χ3n) is 4.26. The molecule has 0 aliphatic carbocycles. The molecule has 0 bridgehead atoms. The summed E-state index contributed by atoms with van der Waals surface area (Å²) < 4.78 is 10.6. The maximum Gasteiger partial charge on any atom is 0.257 e. The molecule has 0 fully saturated rings. The van der Waals surface area contributed by atoms with Crippen LogP contribution in [0, 0.1) is 6.92 Å². The number of hydrogen-bond donors (Lipinski definition) is 2. The van der Waals surface area contributed by atoms with Gasteiger partial charge in [0.25, 0.3) is 5.91 Å². The monoisotopic (exact) mass is 336 g/mol. The van der Waals surface area contributed by atoms with E-state index in [1.807, 2.05) is 25.1 Å². The largest absolute Gasteiger partial charge is 0.454 e. The summed E-state index contributed by atoms with van der Waals surface area (Å²) in [5.41, 5.74) is 2.40. The summed E-state index contributed by atoms with van der Waals surface area (Å²) in [4.78, 5) is 28.0. The highest BCUT2D eigenvalue weighted by molar-refractivity contribution is 5.97. The smallest absolute Gasteiger partial charge is 0.257 e. The zero-order valence-electron chi connectivity index (χ0n) is 13.6. The number of para-hydroxylation sites is 1. The lowest BCUT2D eigenvalue weighted by molar-refractivity contribution is 0.0949. The number of ether oxygens (including phenoxy) is 2. The van der Waals surface area contributed by atoms with Gasteiger partial charge in [0.2, 0.25) is 12.2 Å². The molecule has 1 aliphatic rings. The van der Waals surface area contributed by atoms with Crippen LogP contribution in [0.3, 0.4) is 0 Å². The molecule has 1 aromatic heterocycles. The first kappa shape index (κ1) is 15.3. The van der Waals surface area contributed by atoms with E-state index in [-0.39, 0.29) is 17.8 Å². The van der Waals surface area contributed by atoms with Gasteiger partial charge in [-0.15, -0.1) is 0 Å². The fraction of sp³-hybridized carbons (Fsp3) is 0.158. The lowest BCUT2D eigenvalue weighted by atomic mass is 10.1. The van der Waals surface area contributed by atoms with Gasteiger partial charge in [0.1, 0.15) is 5.56 Å². The highest BCUT2D eigenvalue weighted by Crippen LogP contribution is 2.32. The molecular formula is C19H16N2O4. The van der Waals surface area contributed by atoms with Gasteiger partial charge in [-0.1, -0.05) is 18.2 Å². The molecule has 0 saturated heterocycles. The van der Waals surface area contributed by atoms with E-state index in [2.05, 4.69) is 10.3 Å². The van der Waals surface area contributed by atoms with Crippen LogP contribution < -0.4 is 20.2 Å². The Morgan fingerprint density at radius 2 is 2.04 bits per heavy atom. The van der Waals surface area contributed by atoms with E-state index >= 15 is 0 Å². The zero-order valence-corrected chi connectivity index (χ0v) is 13.6. The number of carbonyl (C=O) groups is 1. The Bertz CT molecular complexity index is 1040. The van der Waals surface area contributed by atoms with E-state index in [0.717, 1.165) is 16.6 Å². The molecule has 0 unspecified atom stereocenters. The summed E-state index contributed by atoms with van der Waals surface area (Å²) in [6.45, 7) is 2.41. The molecule has 0 spiro atoms. The maximum absolute atomic E-state index is 12.6. The Morgan fingerprint density at radius 1 is 1.20 bits per heavy atom. The summed E-state index contributed by atoms with van der Waals surface area (Å²) >= 11 is 0. The fourth-order valence-electron chi connectivity index (χ4n) is 2.90. The summed E-state index contributed by atoms with van der Waals surface area (Å²) in [6.07, 6.45) is 1.46. The van der Waals surface area contributed by atoms with Crippen LogP contribution in [0.5, 0.6) is 11.5 Å². The molecular weight excluding hydrogens is 320 g/mol. The van der Waals surface area contributed by atoms with Gasteiger partial charge in [-0.25, -0.2) is 0 Å². The number of aromatic nitrogens is 1. The molecule has 1 aliphatic heterocycles. The molecule has 0 atom stereocenters. The molecule has 2 N–H and O–H groups in total. The summed E-state index contributed by atoms with van der Waals surface area (Å²) in [7, 11) is 0. The molecule has 0 saturated carbocycles. The first-order chi connectivity index (χ1) is 12.1. The number of rotatable bonds is 3. The Balaban J connectivity index is 1.56. The van der Waals surface area contributed by atoms with Crippen molar-refractivity contribution in [3.8, 4) is 11.5 Å². The third kappa shape index (κ3) is 2.71. The molecule has 6 heteroatoms. The van der Waals surface area contributed by atoms with Crippen molar-refractivity contribution < 1.29 is 14.3 Å². The van der Waals surface area contributed by atoms with E-state index < -0.39 is 5.91 Å². The molecule has 3 aromatic rings. The van der Waals surface area contributed by atoms with Crippen LogP contribution in [-0.4, -0.2) is 17.7 Å². The highest BCUT2D eigenvalue weighted by Gasteiger charge is 2.15. The van der Waals surface area contributed by atoms with Gasteiger partial charge in [-0.3, -0.25) is 9.59 Å². The molecule has 6 nitrogen and oxygen atoms in total. The summed E-state index contributed by atoms with van der Waals surface area (Å²) in [5.74, 6) is 0.935. The minimum atomic E-state index is -0.415. The van der Waals surface area contributed by atoms with Crippen molar-refractivity contribution in [2.45, 2.75) is 13.5 Å². The third-order valence-corrected chi connectivity index (χ3v) is 4.26. The summed E-state index contributed by atoms with van der Waals surface area (Å²) in [5, 5.41) is 3.28. The lowest BCUT2D eigenvalue weighted by Crippen LogP contribution is -2.28. The van der Waals surface area contributed by atoms with Crippen LogP contribution in [0.15, 0.2) is 47.4 Å². The van der Waals surface area contributed by atoms with Gasteiger partial charge in [0.15, 0.2) is 11.5 Å². The normalized spacial score (nSPS) is 12.4. The van der Waals surface area contributed by atoms with Gasteiger partial charge in [0.05, 0.1) is 5.52 Å². The average Bonchev–Trinajstić information content (AvgIpc) is 3.08. The number of H-pyrrole nitrogens is 1. The Hall–Kier alpha value is -3.28. The van der Waals surface area contributed by atoms with Gasteiger partial charge in [-0.05, 0) is 36.2 Å². The topological polar surface area (TPSA) is 80.4 Å². The van der Waals surface area contributed by atoms with Gasteiger partial charge < -0.3 is 19.8 Å². The number of carbonyl (C=O) groups excluding carboxylic acids is 1. The van der Waals surface area contributed by atoms with Crippen molar-refractivity contribution in [2.24, 2.45) is 0 Å². The minimum Gasteiger partial charge on any atom is -0.454 e. The second-order valence-electron chi connectivity index (χ2n) is 5.90. The van der Waals surface area contributed by atoms with Gasteiger partial charge >= 0.3 is 0 Å². The Kier molecular flexibility index (Phi) is 3.65. The van der Waals surface area contributed by atoms with Crippen molar-refractivity contribution in [3.05, 3.63) is 69.5 Å². The van der Waals surface area contributed by atoms with E-state index in [9.17, 15) is 9.59 Å². The van der Waals surface area contributed by atoms with Gasteiger partial charge in [-0.2, -0.15) is 0 Å². The van der Waals surface area contributed by atoms with Crippen LogP contribution in [0.25, 0.3) is 10.9 Å². The molecule has 1 amide bonds. The van der Waals surface area contributed by atoms with Crippen LogP contribution >= 0.6 is 0 Å². The number of amides is 1. The van der Waals surface area contributed by atoms with Crippen molar-refractivity contribution in [2.75, 3.05) is 6.79 Å². The fourth-order valence-corrected chi connectivity index (χ4v) is 2.90. The predicted molar refractivity (Wildman–Crippen MR) is 93.0 cm³/mol. The molecule has 2 aromatic carbocycles. The minimum absolute atomic E-state index is 0.0962. The summed E-state index contributed by atoms with van der Waals surface area (Å²) in [6, 6.07) is 10.9. The van der Waals surface area contributed by atoms with Crippen LogP contribution in [0.1, 0.15) is 21.5 Å². The Morgan fingerprint density at radius 3 is 2.92 bits per heavy atom. The average molecular weight is 336 g/mol. The van der Waals surface area contributed by atoms with Crippen LogP contribution in [0.2, 0.25) is 0 Å². The van der Waals surface area contributed by atoms with Crippen LogP contribution in [0.4, 0.5) is 0 Å². The standard InChI is InChI=1S/C19H16N2O4/c1-11-3-2-4-13-17(11)20-9-14(18(13)22)19(23)21-8-12-5-6-15-16(7-12)25-10-24-15/h2-7,9H,8,10H2,1H3,(H,20,22)(H,21,23). The van der Waals surface area contributed by atoms with Crippen molar-refractivity contribution >= 4 is 16.8 Å². The quantitative estimate of drug-likeness (QED) is 0.770. The predicted octanol–water partition coefficient (Wildman–Crippen LogP) is 2.50. The maximum atomic E-state index is 12.6. The molecule has 126 valence electrons. The molecule has 4 rings (SSSR count). The van der Waals surface area contributed by atoms with E-state index in [1.54, 1.807) is 18.2 Å². The van der Waals surface area contributed by atoms with E-state index in [4.69, 9.17) is 9.47 Å². The lowest BCUT2D eigenvalue weighted by Gasteiger charge is -2.08.